The smallest absolute Gasteiger partial charge is 0.419 e. The molecule has 0 saturated carbocycles. The third kappa shape index (κ3) is 5.12. The van der Waals surface area contributed by atoms with Gasteiger partial charge in [0.15, 0.2) is 5.75 Å². The lowest BCUT2D eigenvalue weighted by molar-refractivity contribution is -0.137. The lowest BCUT2D eigenvalue weighted by Crippen LogP contribution is -2.38. The minimum atomic E-state index is -4.78. The van der Waals surface area contributed by atoms with Crippen LogP contribution in [-0.4, -0.2) is 60.9 Å². The van der Waals surface area contributed by atoms with E-state index in [2.05, 4.69) is 35.1 Å². The Bertz CT molecular complexity index is 1240. The number of nitrogens with one attached hydrogen (secondary N) is 3. The number of rotatable bonds is 6. The molecule has 1 aliphatic heterocycles. The SMILES string of the molecule is COC(=O)N(C)c1ccc2c(-c3nc(N[C@H]4CCCNC4)ncc3C(F)(F)F)c[nH]c2c1OC(F)F. The van der Waals surface area contributed by atoms with Gasteiger partial charge in [-0.3, -0.25) is 4.90 Å². The van der Waals surface area contributed by atoms with Crippen LogP contribution in [0.3, 0.4) is 0 Å². The summed E-state index contributed by atoms with van der Waals surface area (Å²) in [5.74, 6) is -0.428. The summed E-state index contributed by atoms with van der Waals surface area (Å²) in [7, 11) is 2.39. The number of hydrogen-bond acceptors (Lipinski definition) is 7. The van der Waals surface area contributed by atoms with Gasteiger partial charge >= 0.3 is 18.9 Å². The van der Waals surface area contributed by atoms with Crippen LogP contribution in [0.25, 0.3) is 22.2 Å². The number of H-pyrrole nitrogens is 1. The van der Waals surface area contributed by atoms with E-state index < -0.39 is 35.9 Å². The first-order valence-corrected chi connectivity index (χ1v) is 10.9. The molecule has 36 heavy (non-hydrogen) atoms. The molecule has 0 bridgehead atoms. The topological polar surface area (TPSA) is 104 Å². The number of hydrogen-bond donors (Lipinski definition) is 3. The van der Waals surface area contributed by atoms with Crippen molar-refractivity contribution in [1.82, 2.24) is 20.3 Å². The number of carbonyl (C=O) groups is 1. The number of amides is 1. The summed E-state index contributed by atoms with van der Waals surface area (Å²) in [4.78, 5) is 23.6. The fraction of sp³-hybridized carbons (Fsp3) is 0.409. The minimum Gasteiger partial charge on any atom is -0.452 e. The average Bonchev–Trinajstić information content (AvgIpc) is 3.27. The number of halogens is 5. The average molecular weight is 514 g/mol. The molecule has 1 amide bonds. The molecule has 9 nitrogen and oxygen atoms in total. The van der Waals surface area contributed by atoms with Crippen LogP contribution < -0.4 is 20.3 Å². The Morgan fingerprint density at radius 2 is 2.08 bits per heavy atom. The number of aromatic amines is 1. The lowest BCUT2D eigenvalue weighted by Gasteiger charge is -2.24. The Morgan fingerprint density at radius 1 is 1.31 bits per heavy atom. The second-order valence-electron chi connectivity index (χ2n) is 8.09. The zero-order valence-corrected chi connectivity index (χ0v) is 19.2. The predicted molar refractivity (Wildman–Crippen MR) is 121 cm³/mol. The summed E-state index contributed by atoms with van der Waals surface area (Å²) < 4.78 is 77.4. The van der Waals surface area contributed by atoms with Crippen molar-refractivity contribution in [2.45, 2.75) is 31.7 Å². The summed E-state index contributed by atoms with van der Waals surface area (Å²) in [6, 6.07) is 2.60. The van der Waals surface area contributed by atoms with Crippen LogP contribution in [0.5, 0.6) is 5.75 Å². The number of aromatic nitrogens is 3. The number of ether oxygens (including phenoxy) is 2. The van der Waals surface area contributed by atoms with Crippen molar-refractivity contribution < 1.29 is 36.2 Å². The first-order valence-electron chi connectivity index (χ1n) is 10.9. The van der Waals surface area contributed by atoms with Crippen LogP contribution >= 0.6 is 0 Å². The second kappa shape index (κ2) is 10.1. The van der Waals surface area contributed by atoms with Gasteiger partial charge in [0.05, 0.1) is 24.0 Å². The van der Waals surface area contributed by atoms with Gasteiger partial charge in [-0.1, -0.05) is 0 Å². The molecule has 1 aromatic carbocycles. The van der Waals surface area contributed by atoms with Crippen LogP contribution in [0.2, 0.25) is 0 Å². The number of fused-ring (bicyclic) bond motifs is 1. The van der Waals surface area contributed by atoms with E-state index in [1.54, 1.807) is 0 Å². The highest BCUT2D eigenvalue weighted by Gasteiger charge is 2.36. The third-order valence-corrected chi connectivity index (χ3v) is 5.78. The number of anilines is 2. The van der Waals surface area contributed by atoms with Gasteiger partial charge in [-0.2, -0.15) is 22.0 Å². The summed E-state index contributed by atoms with van der Waals surface area (Å²) in [6.45, 7) is -1.81. The van der Waals surface area contributed by atoms with Crippen molar-refractivity contribution in [2.24, 2.45) is 0 Å². The van der Waals surface area contributed by atoms with Crippen LogP contribution in [0.4, 0.5) is 38.4 Å². The van der Waals surface area contributed by atoms with E-state index in [-0.39, 0.29) is 34.1 Å². The standard InChI is InChI=1S/C22H23F5N6O3/c1-33(21(34)35-2)15-6-5-12-13(9-29-17(12)18(15)36-19(23)24)16-14(22(25,26)27)10-30-20(32-16)31-11-4-3-7-28-8-11/h5-6,9-11,19,28-29H,3-4,7-8H2,1-2H3,(H,30,31,32)/t11-/m0/s1. The highest BCUT2D eigenvalue weighted by atomic mass is 19.4. The Balaban J connectivity index is 1.85. The van der Waals surface area contributed by atoms with E-state index in [9.17, 15) is 26.7 Å². The molecule has 4 rings (SSSR count). The molecule has 0 radical (unpaired) electrons. The highest BCUT2D eigenvalue weighted by Crippen LogP contribution is 2.43. The van der Waals surface area contributed by atoms with Gasteiger partial charge in [0.25, 0.3) is 0 Å². The minimum absolute atomic E-state index is 0.00377. The van der Waals surface area contributed by atoms with Crippen LogP contribution in [0, 0.1) is 0 Å². The van der Waals surface area contributed by atoms with E-state index in [1.807, 2.05) is 0 Å². The maximum Gasteiger partial charge on any atom is 0.419 e. The summed E-state index contributed by atoms with van der Waals surface area (Å²) in [6.07, 6.45) is -2.04. The number of carbonyl (C=O) groups excluding carboxylic acids is 1. The molecule has 2 aromatic heterocycles. The fourth-order valence-corrected chi connectivity index (χ4v) is 4.09. The van der Waals surface area contributed by atoms with E-state index in [1.165, 1.54) is 25.4 Å². The first-order chi connectivity index (χ1) is 17.1. The molecule has 0 unspecified atom stereocenters. The molecular formula is C22H23F5N6O3. The molecule has 1 atom stereocenters. The molecule has 14 heteroatoms. The Labute approximate surface area is 202 Å². The third-order valence-electron chi connectivity index (χ3n) is 5.78. The molecule has 1 saturated heterocycles. The van der Waals surface area contributed by atoms with E-state index in [4.69, 9.17) is 0 Å². The first kappa shape index (κ1) is 25.4. The van der Waals surface area contributed by atoms with Crippen LogP contribution in [0.15, 0.2) is 24.5 Å². The van der Waals surface area contributed by atoms with Gasteiger partial charge in [0.1, 0.15) is 5.56 Å². The molecule has 3 aromatic rings. The zero-order valence-electron chi connectivity index (χ0n) is 19.2. The molecule has 3 heterocycles. The van der Waals surface area contributed by atoms with E-state index in [0.29, 0.717) is 12.7 Å². The predicted octanol–water partition coefficient (Wildman–Crippen LogP) is 4.61. The monoisotopic (exact) mass is 514 g/mol. The number of methoxy groups -OCH3 is 1. The van der Waals surface area contributed by atoms with Gasteiger partial charge in [-0.05, 0) is 31.5 Å². The quantitative estimate of drug-likeness (QED) is 0.413. The van der Waals surface area contributed by atoms with Gasteiger partial charge < -0.3 is 25.1 Å². The van der Waals surface area contributed by atoms with E-state index in [0.717, 1.165) is 31.4 Å². The Kier molecular flexibility index (Phi) is 7.15. The van der Waals surface area contributed by atoms with Crippen LogP contribution in [-0.2, 0) is 10.9 Å². The van der Waals surface area contributed by atoms with Gasteiger partial charge in [0.2, 0.25) is 5.95 Å². The van der Waals surface area contributed by atoms with Crippen molar-refractivity contribution in [2.75, 3.05) is 37.5 Å². The normalized spacial score (nSPS) is 16.3. The van der Waals surface area contributed by atoms with Gasteiger partial charge in [-0.25, -0.2) is 14.8 Å². The molecule has 1 aliphatic rings. The Hall–Kier alpha value is -3.68. The molecule has 0 spiro atoms. The van der Waals surface area contributed by atoms with Crippen molar-refractivity contribution in [1.29, 1.82) is 0 Å². The largest absolute Gasteiger partial charge is 0.452 e. The van der Waals surface area contributed by atoms with Crippen molar-refractivity contribution >= 4 is 28.6 Å². The molecule has 0 aliphatic carbocycles. The lowest BCUT2D eigenvalue weighted by atomic mass is 10.0. The number of piperidine rings is 1. The summed E-state index contributed by atoms with van der Waals surface area (Å²) >= 11 is 0. The fourth-order valence-electron chi connectivity index (χ4n) is 4.09. The van der Waals surface area contributed by atoms with Gasteiger partial charge in [-0.15, -0.1) is 0 Å². The maximum absolute atomic E-state index is 13.9. The summed E-state index contributed by atoms with van der Waals surface area (Å²) in [5, 5.41) is 6.36. The zero-order chi connectivity index (χ0) is 26.0. The maximum atomic E-state index is 13.9. The van der Waals surface area contributed by atoms with E-state index >= 15 is 0 Å². The molecular weight excluding hydrogens is 491 g/mol. The highest BCUT2D eigenvalue weighted by molar-refractivity contribution is 6.03. The van der Waals surface area contributed by atoms with Crippen molar-refractivity contribution in [3.05, 3.63) is 30.1 Å². The molecule has 1 fully saturated rings. The number of alkyl halides is 5. The van der Waals surface area contributed by atoms with Gasteiger partial charge in [0, 0.05) is 43.0 Å². The second-order valence-corrected chi connectivity index (χ2v) is 8.09. The molecule has 3 N–H and O–H groups in total. The number of benzene rings is 1. The summed E-state index contributed by atoms with van der Waals surface area (Å²) in [5.41, 5.74) is -1.66. The van der Waals surface area contributed by atoms with Crippen molar-refractivity contribution in [3.63, 3.8) is 0 Å². The Morgan fingerprint density at radius 3 is 2.72 bits per heavy atom. The van der Waals surface area contributed by atoms with Crippen LogP contribution in [0.1, 0.15) is 18.4 Å². The van der Waals surface area contributed by atoms with Crippen molar-refractivity contribution in [3.8, 4) is 17.0 Å². The molecule has 194 valence electrons. The number of nitrogens with zero attached hydrogens (tertiary/aromatic N) is 3.